The molecule has 3 nitrogen and oxygen atoms in total. The number of ketones is 2. The summed E-state index contributed by atoms with van der Waals surface area (Å²) in [7, 11) is 0. The molecule has 4 saturated carbocycles. The van der Waals surface area contributed by atoms with Gasteiger partial charge in [-0.1, -0.05) is 44.2 Å². The SMILES string of the molecule is C[C@]12CC[C@@H](O)C[C@@H]1CC[C@H]1[C@@H]3CC[C@H](C(=O)CSCc4ccccc4)[C@@]3(C)CC(=O)[C@@H]12. The number of Topliss-reactive ketones (excluding diaryl/α,β-unsaturated/α-hetero) is 2. The fraction of sp³-hybridized carbons (Fsp3) is 0.714. The van der Waals surface area contributed by atoms with Gasteiger partial charge in [-0.2, -0.15) is 0 Å². The number of thioether (sulfide) groups is 1. The minimum absolute atomic E-state index is 0.0411. The van der Waals surface area contributed by atoms with Crippen molar-refractivity contribution >= 4 is 23.3 Å². The third-order valence-corrected chi connectivity index (χ3v) is 11.1. The minimum atomic E-state index is -0.185. The van der Waals surface area contributed by atoms with Crippen LogP contribution in [0.5, 0.6) is 0 Å². The van der Waals surface area contributed by atoms with Gasteiger partial charge in [0.15, 0.2) is 0 Å². The number of fused-ring (bicyclic) bond motifs is 5. The molecule has 8 atom stereocenters. The lowest BCUT2D eigenvalue weighted by molar-refractivity contribution is -0.162. The number of hydrogen-bond acceptors (Lipinski definition) is 4. The minimum Gasteiger partial charge on any atom is -0.393 e. The van der Waals surface area contributed by atoms with Crippen LogP contribution in [0.4, 0.5) is 0 Å². The van der Waals surface area contributed by atoms with Gasteiger partial charge < -0.3 is 5.11 Å². The Balaban J connectivity index is 1.29. The Bertz CT molecular complexity index is 869. The van der Waals surface area contributed by atoms with E-state index in [0.29, 0.717) is 41.5 Å². The Labute approximate surface area is 197 Å². The van der Waals surface area contributed by atoms with Gasteiger partial charge >= 0.3 is 0 Å². The van der Waals surface area contributed by atoms with Gasteiger partial charge in [0.2, 0.25) is 0 Å². The van der Waals surface area contributed by atoms with Crippen LogP contribution >= 0.6 is 11.8 Å². The molecule has 0 bridgehead atoms. The molecule has 0 spiro atoms. The summed E-state index contributed by atoms with van der Waals surface area (Å²) in [6.07, 6.45) is 7.40. The first kappa shape index (κ1) is 22.7. The van der Waals surface area contributed by atoms with Gasteiger partial charge in [-0.15, -0.1) is 11.8 Å². The average molecular weight is 455 g/mol. The molecule has 32 heavy (non-hydrogen) atoms. The predicted octanol–water partition coefficient (Wildman–Crippen LogP) is 5.69. The van der Waals surface area contributed by atoms with E-state index < -0.39 is 0 Å². The van der Waals surface area contributed by atoms with Crippen molar-refractivity contribution in [3.63, 3.8) is 0 Å². The number of hydrogen-bond donors (Lipinski definition) is 1. The molecule has 174 valence electrons. The van der Waals surface area contributed by atoms with Gasteiger partial charge in [0.05, 0.1) is 11.9 Å². The lowest BCUT2D eigenvalue weighted by atomic mass is 9.44. The zero-order valence-electron chi connectivity index (χ0n) is 19.6. The lowest BCUT2D eigenvalue weighted by Crippen LogP contribution is -2.58. The summed E-state index contributed by atoms with van der Waals surface area (Å²) in [4.78, 5) is 27.0. The maximum Gasteiger partial charge on any atom is 0.146 e. The van der Waals surface area contributed by atoms with E-state index >= 15 is 0 Å². The second-order valence-corrected chi connectivity index (χ2v) is 12.7. The molecule has 1 aromatic rings. The van der Waals surface area contributed by atoms with Crippen LogP contribution in [0.2, 0.25) is 0 Å². The van der Waals surface area contributed by atoms with Crippen molar-refractivity contribution in [2.24, 2.45) is 40.4 Å². The molecule has 4 aliphatic carbocycles. The molecule has 1 aromatic carbocycles. The molecule has 5 rings (SSSR count). The van der Waals surface area contributed by atoms with Crippen molar-refractivity contribution < 1.29 is 14.7 Å². The molecule has 4 fully saturated rings. The summed E-state index contributed by atoms with van der Waals surface area (Å²) >= 11 is 1.72. The summed E-state index contributed by atoms with van der Waals surface area (Å²) in [6.45, 7) is 4.61. The quantitative estimate of drug-likeness (QED) is 0.621. The third-order valence-electron chi connectivity index (χ3n) is 10.1. The van der Waals surface area contributed by atoms with E-state index in [2.05, 4.69) is 26.0 Å². The molecule has 4 heteroatoms. The highest BCUT2D eigenvalue weighted by Crippen LogP contribution is 2.66. The van der Waals surface area contributed by atoms with E-state index in [1.165, 1.54) is 5.56 Å². The molecule has 0 aromatic heterocycles. The first-order valence-corrected chi connectivity index (χ1v) is 13.8. The van der Waals surface area contributed by atoms with Gasteiger partial charge in [-0.3, -0.25) is 9.59 Å². The van der Waals surface area contributed by atoms with Crippen molar-refractivity contribution in [3.8, 4) is 0 Å². The fourth-order valence-electron chi connectivity index (χ4n) is 8.52. The number of carbonyl (C=O) groups is 2. The predicted molar refractivity (Wildman–Crippen MR) is 129 cm³/mol. The zero-order valence-corrected chi connectivity index (χ0v) is 20.4. The number of carbonyl (C=O) groups excluding carboxylic acids is 2. The molecule has 1 N–H and O–H groups in total. The van der Waals surface area contributed by atoms with Crippen LogP contribution in [0.3, 0.4) is 0 Å². The second kappa shape index (κ2) is 8.58. The topological polar surface area (TPSA) is 54.4 Å². The lowest BCUT2D eigenvalue weighted by Gasteiger charge is -2.59. The highest BCUT2D eigenvalue weighted by Gasteiger charge is 2.63. The number of aliphatic hydroxyl groups excluding tert-OH is 1. The molecule has 0 aliphatic heterocycles. The van der Waals surface area contributed by atoms with E-state index in [4.69, 9.17) is 0 Å². The summed E-state index contributed by atoms with van der Waals surface area (Å²) < 4.78 is 0. The number of aliphatic hydroxyl groups is 1. The van der Waals surface area contributed by atoms with Crippen molar-refractivity contribution in [2.45, 2.75) is 77.1 Å². The van der Waals surface area contributed by atoms with Crippen LogP contribution in [0, 0.1) is 40.4 Å². The Hall–Kier alpha value is -1.13. The van der Waals surface area contributed by atoms with Crippen LogP contribution in [-0.2, 0) is 15.3 Å². The normalized spacial score (nSPS) is 43.3. The number of rotatable bonds is 5. The molecule has 0 heterocycles. The molecule has 0 amide bonds. The average Bonchev–Trinajstić information content (AvgIpc) is 3.11. The van der Waals surface area contributed by atoms with Gasteiger partial charge in [0.1, 0.15) is 11.6 Å². The standard InChI is InChI=1S/C28H38O3S/c1-27-13-12-20(29)14-19(27)8-9-21-22-10-11-23(28(22,2)15-24(30)26(21)27)25(31)17-32-16-18-6-4-3-5-7-18/h3-7,19-23,26,29H,8-17H2,1-2H3/t19-,20+,21-,22-,23+,26+,27-,28-/m0/s1. The Morgan fingerprint density at radius 2 is 1.84 bits per heavy atom. The Morgan fingerprint density at radius 1 is 1.06 bits per heavy atom. The Morgan fingerprint density at radius 3 is 2.62 bits per heavy atom. The van der Waals surface area contributed by atoms with Crippen molar-refractivity contribution in [3.05, 3.63) is 35.9 Å². The van der Waals surface area contributed by atoms with Crippen molar-refractivity contribution in [2.75, 3.05) is 5.75 Å². The molecular formula is C28H38O3S. The molecule has 0 saturated heterocycles. The summed E-state index contributed by atoms with van der Waals surface area (Å²) in [6, 6.07) is 10.4. The van der Waals surface area contributed by atoms with E-state index in [-0.39, 0.29) is 28.8 Å². The molecule has 0 unspecified atom stereocenters. The smallest absolute Gasteiger partial charge is 0.146 e. The van der Waals surface area contributed by atoms with Crippen LogP contribution < -0.4 is 0 Å². The van der Waals surface area contributed by atoms with Gasteiger partial charge in [-0.25, -0.2) is 0 Å². The fourth-order valence-corrected chi connectivity index (χ4v) is 9.46. The first-order valence-electron chi connectivity index (χ1n) is 12.7. The second-order valence-electron chi connectivity index (χ2n) is 11.7. The van der Waals surface area contributed by atoms with Gasteiger partial charge in [-0.05, 0) is 79.1 Å². The van der Waals surface area contributed by atoms with Gasteiger partial charge in [0, 0.05) is 24.0 Å². The third kappa shape index (κ3) is 3.70. The maximum atomic E-state index is 13.7. The first-order chi connectivity index (χ1) is 15.3. The maximum absolute atomic E-state index is 13.7. The van der Waals surface area contributed by atoms with Crippen molar-refractivity contribution in [1.82, 2.24) is 0 Å². The van der Waals surface area contributed by atoms with Crippen LogP contribution in [0.25, 0.3) is 0 Å². The van der Waals surface area contributed by atoms with E-state index in [1.54, 1.807) is 11.8 Å². The summed E-state index contributed by atoms with van der Waals surface area (Å²) in [5, 5.41) is 10.2. The highest BCUT2D eigenvalue weighted by atomic mass is 32.2. The number of benzene rings is 1. The van der Waals surface area contributed by atoms with E-state index in [1.807, 2.05) is 18.2 Å². The molecule has 4 aliphatic rings. The Kier molecular flexibility index (Phi) is 6.07. The van der Waals surface area contributed by atoms with E-state index in [9.17, 15) is 14.7 Å². The summed E-state index contributed by atoms with van der Waals surface area (Å²) in [5.41, 5.74) is 1.16. The van der Waals surface area contributed by atoms with Crippen LogP contribution in [0.1, 0.15) is 70.8 Å². The largest absolute Gasteiger partial charge is 0.393 e. The molecule has 0 radical (unpaired) electrons. The van der Waals surface area contributed by atoms with Crippen molar-refractivity contribution in [1.29, 1.82) is 0 Å². The van der Waals surface area contributed by atoms with E-state index in [0.717, 1.165) is 50.7 Å². The van der Waals surface area contributed by atoms with Gasteiger partial charge in [0.25, 0.3) is 0 Å². The van der Waals surface area contributed by atoms with Crippen LogP contribution in [-0.4, -0.2) is 28.5 Å². The summed E-state index contributed by atoms with van der Waals surface area (Å²) in [5.74, 6) is 3.82. The highest BCUT2D eigenvalue weighted by molar-refractivity contribution is 7.99. The molecular weight excluding hydrogens is 416 g/mol. The van der Waals surface area contributed by atoms with Crippen LogP contribution in [0.15, 0.2) is 30.3 Å². The monoisotopic (exact) mass is 454 g/mol. The zero-order chi connectivity index (χ0) is 22.5.